The van der Waals surface area contributed by atoms with E-state index >= 15 is 0 Å². The summed E-state index contributed by atoms with van der Waals surface area (Å²) in [4.78, 5) is 0. The Morgan fingerprint density at radius 3 is 1.77 bits per heavy atom. The second-order valence-electron chi connectivity index (χ2n) is 12.8. The minimum Gasteiger partial charge on any atom is -0.455 e. The van der Waals surface area contributed by atoms with E-state index in [0.29, 0.717) is 33.1 Å². The lowest BCUT2D eigenvalue weighted by Gasteiger charge is -2.20. The highest BCUT2D eigenvalue weighted by atomic mass is 16.3. The van der Waals surface area contributed by atoms with Crippen LogP contribution in [0.3, 0.4) is 0 Å². The molecule has 0 saturated carbocycles. The highest BCUT2D eigenvalue weighted by Gasteiger charge is 2.20. The van der Waals surface area contributed by atoms with E-state index in [4.69, 9.17) is 16.8 Å². The summed E-state index contributed by atoms with van der Waals surface area (Å²) in [5.74, 6) is 0. The van der Waals surface area contributed by atoms with Crippen LogP contribution in [0.25, 0.3) is 110 Å². The van der Waals surface area contributed by atoms with Gasteiger partial charge in [-0.05, 0) is 100 Å². The van der Waals surface area contributed by atoms with Gasteiger partial charge in [0.25, 0.3) is 0 Å². The molecule has 0 saturated heterocycles. The second-order valence-corrected chi connectivity index (χ2v) is 12.8. The van der Waals surface area contributed by atoms with Crippen LogP contribution in [0.15, 0.2) is 198 Å². The Bertz CT molecular complexity index is 4000. The molecule has 0 bridgehead atoms. The van der Waals surface area contributed by atoms with E-state index in [0.717, 1.165) is 27.5 Å². The highest BCUT2D eigenvalue weighted by Crippen LogP contribution is 2.47. The third-order valence-electron chi connectivity index (χ3n) is 9.94. The van der Waals surface area contributed by atoms with Gasteiger partial charge in [-0.1, -0.05) is 176 Å². The number of hydrogen-bond donors (Lipinski definition) is 0. The Kier molecular flexibility index (Phi) is 4.12. The Morgan fingerprint density at radius 2 is 1.02 bits per heavy atom. The lowest BCUT2D eigenvalue weighted by atomic mass is 9.83. The Balaban J connectivity index is 1.32. The third kappa shape index (κ3) is 4.64. The summed E-state index contributed by atoms with van der Waals surface area (Å²) in [6.07, 6.45) is 0. The normalized spacial score (nSPS) is 15.7. The average molecular weight is 688 g/mol. The summed E-state index contributed by atoms with van der Waals surface area (Å²) in [5.41, 5.74) is 4.22. The van der Waals surface area contributed by atoms with Crippen LogP contribution in [-0.4, -0.2) is 0 Å². The summed E-state index contributed by atoms with van der Waals surface area (Å²) >= 11 is 0. The van der Waals surface area contributed by atoms with Gasteiger partial charge >= 0.3 is 0 Å². The van der Waals surface area contributed by atoms with Gasteiger partial charge in [0.15, 0.2) is 0 Å². The van der Waals surface area contributed by atoms with E-state index in [1.54, 1.807) is 12.1 Å². The fourth-order valence-electron chi connectivity index (χ4n) is 7.65. The molecule has 10 aromatic carbocycles. The molecule has 0 atom stereocenters. The maximum atomic E-state index is 9.60. The lowest BCUT2D eigenvalue weighted by Crippen LogP contribution is -1.93. The third-order valence-corrected chi connectivity index (χ3v) is 9.94. The summed E-state index contributed by atoms with van der Waals surface area (Å²) in [5, 5.41) is 1.17. The van der Waals surface area contributed by atoms with Crippen molar-refractivity contribution in [2.24, 2.45) is 0 Å². The van der Waals surface area contributed by atoms with Crippen molar-refractivity contribution in [1.29, 1.82) is 0 Å². The van der Waals surface area contributed by atoms with E-state index in [9.17, 15) is 8.22 Å². The van der Waals surface area contributed by atoms with Crippen LogP contribution in [0.2, 0.25) is 0 Å². The van der Waals surface area contributed by atoms with Crippen LogP contribution in [0.5, 0.6) is 0 Å². The Labute approximate surface area is 328 Å². The predicted octanol–water partition coefficient (Wildman–Crippen LogP) is 14.9. The van der Waals surface area contributed by atoms with Crippen molar-refractivity contribution >= 4 is 65.0 Å². The second kappa shape index (κ2) is 11.8. The summed E-state index contributed by atoms with van der Waals surface area (Å²) in [6, 6.07) is 22.6. The standard InChI is InChI=1S/C52H32O/c1-2-14-34(15-3-1)40-24-12-25-45-47-32-37(29-30-48(47)53-52(40)45)39-23-10-17-35-18-11-26-46(49(35)39)51-43-21-8-6-19-41(43)50(42-20-7-9-22-44(42)51)38-28-27-33-13-4-5-16-36(33)31-38/h1-32H/i4D,5D,6D,7D,8D,9D,13D,16D,19D,20D,21D,22D,27D,28D,31D. The Morgan fingerprint density at radius 1 is 0.377 bits per heavy atom. The molecule has 0 unspecified atom stereocenters. The first-order valence-corrected chi connectivity index (χ1v) is 17.0. The first kappa shape index (κ1) is 18.5. The van der Waals surface area contributed by atoms with Gasteiger partial charge in [0.2, 0.25) is 0 Å². The van der Waals surface area contributed by atoms with E-state index in [1.165, 1.54) is 0 Å². The molecule has 1 heteroatoms. The Hall–Kier alpha value is -6.96. The maximum Gasteiger partial charge on any atom is 0.143 e. The van der Waals surface area contributed by atoms with Crippen LogP contribution < -0.4 is 0 Å². The predicted molar refractivity (Wildman–Crippen MR) is 225 cm³/mol. The van der Waals surface area contributed by atoms with Crippen molar-refractivity contribution in [2.75, 3.05) is 0 Å². The van der Waals surface area contributed by atoms with Crippen molar-refractivity contribution < 1.29 is 25.0 Å². The molecule has 1 heterocycles. The zero-order valence-electron chi connectivity index (χ0n) is 42.7. The number of rotatable bonds is 4. The quantitative estimate of drug-likeness (QED) is 0.168. The number of benzene rings is 10. The molecule has 1 aromatic heterocycles. The molecule has 11 rings (SSSR count). The van der Waals surface area contributed by atoms with E-state index in [-0.39, 0.29) is 32.7 Å². The molecule has 0 amide bonds. The number of hydrogen-bond acceptors (Lipinski definition) is 1. The van der Waals surface area contributed by atoms with Gasteiger partial charge in [0.1, 0.15) is 11.2 Å². The van der Waals surface area contributed by atoms with Gasteiger partial charge in [-0.2, -0.15) is 0 Å². The van der Waals surface area contributed by atoms with Crippen LogP contribution >= 0.6 is 0 Å². The van der Waals surface area contributed by atoms with Gasteiger partial charge in [-0.15, -0.1) is 0 Å². The zero-order valence-corrected chi connectivity index (χ0v) is 27.7. The smallest absolute Gasteiger partial charge is 0.143 e. The van der Waals surface area contributed by atoms with Gasteiger partial charge in [-0.3, -0.25) is 0 Å². The minimum atomic E-state index is -0.742. The van der Waals surface area contributed by atoms with Crippen LogP contribution in [0.1, 0.15) is 20.6 Å². The first-order valence-electron chi connectivity index (χ1n) is 24.5. The molecule has 0 fully saturated rings. The molecule has 0 spiro atoms. The molecular weight excluding hydrogens is 641 g/mol. The molecule has 0 aliphatic rings. The van der Waals surface area contributed by atoms with Crippen LogP contribution in [-0.2, 0) is 0 Å². The number of fused-ring (bicyclic) bond motifs is 7. The zero-order chi connectivity index (χ0) is 47.9. The van der Waals surface area contributed by atoms with Gasteiger partial charge < -0.3 is 4.42 Å². The summed E-state index contributed by atoms with van der Waals surface area (Å²) in [7, 11) is 0. The van der Waals surface area contributed by atoms with Crippen molar-refractivity contribution in [3.05, 3.63) is 194 Å². The monoisotopic (exact) mass is 687 g/mol. The molecule has 0 radical (unpaired) electrons. The molecular formula is C52H32O. The fourth-order valence-corrected chi connectivity index (χ4v) is 7.65. The highest BCUT2D eigenvalue weighted by molar-refractivity contribution is 6.25. The lowest BCUT2D eigenvalue weighted by molar-refractivity contribution is 0.670. The van der Waals surface area contributed by atoms with E-state index in [1.807, 2.05) is 91.0 Å². The fraction of sp³-hybridized carbons (Fsp3) is 0. The van der Waals surface area contributed by atoms with Crippen molar-refractivity contribution in [2.45, 2.75) is 0 Å². The van der Waals surface area contributed by atoms with Crippen LogP contribution in [0.4, 0.5) is 0 Å². The van der Waals surface area contributed by atoms with Gasteiger partial charge in [0.05, 0.1) is 20.6 Å². The molecule has 0 aliphatic heterocycles. The van der Waals surface area contributed by atoms with Gasteiger partial charge in [0, 0.05) is 16.3 Å². The van der Waals surface area contributed by atoms with Crippen LogP contribution in [0, 0.1) is 0 Å². The SMILES string of the molecule is [2H]c1c([2H])c([2H])c2c([2H])c(-c3c4c([2H])c([2H])c([2H])c([2H])c4c(-c4cccc5cccc(-c6ccc7oc8c(-c9ccccc9)cccc8c7c6)c45)c4c([2H])c([2H])c([2H])c([2H])c34)c([2H])c([2H])c2c1[2H]. The first-order chi connectivity index (χ1) is 32.5. The topological polar surface area (TPSA) is 13.1 Å². The molecule has 246 valence electrons. The molecule has 11 aromatic rings. The van der Waals surface area contributed by atoms with Gasteiger partial charge in [-0.25, -0.2) is 0 Å². The molecule has 0 N–H and O–H groups in total. The maximum absolute atomic E-state index is 9.60. The molecule has 1 nitrogen and oxygen atoms in total. The summed E-state index contributed by atoms with van der Waals surface area (Å²) in [6.45, 7) is 0. The summed E-state index contributed by atoms with van der Waals surface area (Å²) < 4.78 is 143. The number of furan rings is 1. The number of para-hydroxylation sites is 1. The van der Waals surface area contributed by atoms with E-state index < -0.39 is 107 Å². The molecule has 53 heavy (non-hydrogen) atoms. The van der Waals surface area contributed by atoms with Crippen molar-refractivity contribution in [1.82, 2.24) is 0 Å². The van der Waals surface area contributed by atoms with Crippen molar-refractivity contribution in [3.8, 4) is 44.5 Å². The van der Waals surface area contributed by atoms with Crippen molar-refractivity contribution in [3.63, 3.8) is 0 Å². The average Bonchev–Trinajstić information content (AvgIpc) is 3.73. The largest absolute Gasteiger partial charge is 0.455 e. The van der Waals surface area contributed by atoms with E-state index in [2.05, 4.69) is 0 Å². The molecule has 0 aliphatic carbocycles. The minimum absolute atomic E-state index is 0.0324.